The van der Waals surface area contributed by atoms with Crippen LogP contribution >= 0.6 is 0 Å². The Morgan fingerprint density at radius 3 is 2.63 bits per heavy atom. The Balaban J connectivity index is 1.53. The van der Waals surface area contributed by atoms with Crippen molar-refractivity contribution in [3.63, 3.8) is 0 Å². The predicted octanol–water partition coefficient (Wildman–Crippen LogP) is 4.18. The number of carbonyl (C=O) groups excluding carboxylic acids is 2. The van der Waals surface area contributed by atoms with Crippen molar-refractivity contribution in [1.82, 2.24) is 9.88 Å². The first-order chi connectivity index (χ1) is 14.5. The van der Waals surface area contributed by atoms with Crippen molar-refractivity contribution in [1.29, 1.82) is 0 Å². The minimum atomic E-state index is -0.444. The zero-order valence-corrected chi connectivity index (χ0v) is 17.4. The summed E-state index contributed by atoms with van der Waals surface area (Å²) in [5.41, 5.74) is 4.35. The molecule has 1 aliphatic rings. The lowest BCUT2D eigenvalue weighted by molar-refractivity contribution is -0.133. The highest BCUT2D eigenvalue weighted by atomic mass is 16.5. The number of esters is 1. The molecule has 0 aliphatic heterocycles. The van der Waals surface area contributed by atoms with Crippen molar-refractivity contribution < 1.29 is 14.3 Å². The van der Waals surface area contributed by atoms with E-state index in [1.165, 1.54) is 0 Å². The number of likely N-dealkylation sites (N-methyl/N-ethyl adjacent to an activating group) is 1. The Labute approximate surface area is 176 Å². The van der Waals surface area contributed by atoms with Gasteiger partial charge < -0.3 is 9.64 Å². The molecule has 1 aromatic heterocycles. The van der Waals surface area contributed by atoms with Crippen LogP contribution in [-0.4, -0.2) is 35.4 Å². The number of ether oxygens (including phenoxy) is 1. The van der Waals surface area contributed by atoms with Gasteiger partial charge in [-0.05, 0) is 42.4 Å². The van der Waals surface area contributed by atoms with E-state index in [2.05, 4.69) is 6.92 Å². The van der Waals surface area contributed by atoms with E-state index in [-0.39, 0.29) is 12.5 Å². The standard InChI is InChI=1S/C25H26N2O3/c1-17-12-13-22-20(14-17)24(19-10-6-7-11-21(19)26-22)25(29)30-16-23(28)27(2)15-18-8-4-3-5-9-18/h3-11,17H,12-16H2,1-2H3/t17-/m0/s1. The van der Waals surface area contributed by atoms with Gasteiger partial charge in [0.1, 0.15) is 0 Å². The fourth-order valence-electron chi connectivity index (χ4n) is 4.05. The monoisotopic (exact) mass is 402 g/mol. The minimum Gasteiger partial charge on any atom is -0.452 e. The van der Waals surface area contributed by atoms with E-state index in [1.807, 2.05) is 54.6 Å². The van der Waals surface area contributed by atoms with E-state index in [1.54, 1.807) is 11.9 Å². The largest absolute Gasteiger partial charge is 0.452 e. The maximum Gasteiger partial charge on any atom is 0.339 e. The first kappa shape index (κ1) is 20.1. The molecule has 5 nitrogen and oxygen atoms in total. The summed E-state index contributed by atoms with van der Waals surface area (Å²) in [4.78, 5) is 32.0. The van der Waals surface area contributed by atoms with E-state index in [9.17, 15) is 9.59 Å². The number of carbonyl (C=O) groups is 2. The summed E-state index contributed by atoms with van der Waals surface area (Å²) < 4.78 is 5.50. The maximum absolute atomic E-state index is 13.1. The summed E-state index contributed by atoms with van der Waals surface area (Å²) in [6.45, 7) is 2.39. The van der Waals surface area contributed by atoms with Crippen molar-refractivity contribution in [2.45, 2.75) is 32.7 Å². The first-order valence-electron chi connectivity index (χ1n) is 10.4. The van der Waals surface area contributed by atoms with Crippen molar-refractivity contribution in [2.75, 3.05) is 13.7 Å². The number of hydrogen-bond donors (Lipinski definition) is 0. The van der Waals surface area contributed by atoms with Crippen molar-refractivity contribution >= 4 is 22.8 Å². The van der Waals surface area contributed by atoms with Crippen LogP contribution in [0.5, 0.6) is 0 Å². The molecule has 0 radical (unpaired) electrons. The van der Waals surface area contributed by atoms with Crippen molar-refractivity contribution in [3.05, 3.63) is 77.0 Å². The lowest BCUT2D eigenvalue weighted by atomic mass is 9.84. The van der Waals surface area contributed by atoms with Gasteiger partial charge in [-0.25, -0.2) is 4.79 Å². The fraction of sp³-hybridized carbons (Fsp3) is 0.320. The van der Waals surface area contributed by atoms with E-state index in [4.69, 9.17) is 9.72 Å². The topological polar surface area (TPSA) is 59.5 Å². The number of benzene rings is 2. The van der Waals surface area contributed by atoms with E-state index >= 15 is 0 Å². The van der Waals surface area contributed by atoms with Crippen LogP contribution in [0.25, 0.3) is 10.9 Å². The highest BCUT2D eigenvalue weighted by Gasteiger charge is 2.26. The molecule has 1 heterocycles. The minimum absolute atomic E-state index is 0.229. The summed E-state index contributed by atoms with van der Waals surface area (Å²) in [7, 11) is 1.72. The maximum atomic E-state index is 13.1. The van der Waals surface area contributed by atoms with Crippen LogP contribution in [0, 0.1) is 5.92 Å². The zero-order chi connectivity index (χ0) is 21.1. The number of nitrogens with zero attached hydrogens (tertiary/aromatic N) is 2. The number of para-hydroxylation sites is 1. The summed E-state index contributed by atoms with van der Waals surface area (Å²) in [5.74, 6) is -0.182. The molecule has 154 valence electrons. The fourth-order valence-corrected chi connectivity index (χ4v) is 4.05. The van der Waals surface area contributed by atoms with Crippen molar-refractivity contribution in [3.8, 4) is 0 Å². The van der Waals surface area contributed by atoms with Gasteiger partial charge in [-0.3, -0.25) is 9.78 Å². The molecular weight excluding hydrogens is 376 g/mol. The van der Waals surface area contributed by atoms with Gasteiger partial charge in [-0.1, -0.05) is 55.5 Å². The summed E-state index contributed by atoms with van der Waals surface area (Å²) in [6.07, 6.45) is 2.73. The van der Waals surface area contributed by atoms with Crippen LogP contribution in [0.2, 0.25) is 0 Å². The average molecular weight is 402 g/mol. The first-order valence-corrected chi connectivity index (χ1v) is 10.4. The highest BCUT2D eigenvalue weighted by Crippen LogP contribution is 2.32. The van der Waals surface area contributed by atoms with Crippen LogP contribution in [0.15, 0.2) is 54.6 Å². The SMILES string of the molecule is C[C@H]1CCc2nc3ccccc3c(C(=O)OCC(=O)N(C)Cc3ccccc3)c2C1. The van der Waals surface area contributed by atoms with Crippen LogP contribution in [0.1, 0.15) is 40.5 Å². The molecule has 30 heavy (non-hydrogen) atoms. The van der Waals surface area contributed by atoms with E-state index in [0.29, 0.717) is 18.0 Å². The quantitative estimate of drug-likeness (QED) is 0.601. The second-order valence-corrected chi connectivity index (χ2v) is 8.09. The molecule has 1 atom stereocenters. The third kappa shape index (κ3) is 4.20. The Kier molecular flexibility index (Phi) is 5.79. The summed E-state index contributed by atoms with van der Waals surface area (Å²) in [6, 6.07) is 17.4. The molecule has 0 fully saturated rings. The number of aryl methyl sites for hydroxylation is 1. The molecule has 5 heteroatoms. The average Bonchev–Trinajstić information content (AvgIpc) is 2.76. The van der Waals surface area contributed by atoms with Crippen LogP contribution in [-0.2, 0) is 28.9 Å². The van der Waals surface area contributed by atoms with Gasteiger partial charge >= 0.3 is 5.97 Å². The number of amides is 1. The van der Waals surface area contributed by atoms with E-state index < -0.39 is 5.97 Å². The summed E-state index contributed by atoms with van der Waals surface area (Å²) in [5, 5.41) is 0.792. The summed E-state index contributed by atoms with van der Waals surface area (Å²) >= 11 is 0. The molecule has 0 unspecified atom stereocenters. The Morgan fingerprint density at radius 2 is 1.83 bits per heavy atom. The Morgan fingerprint density at radius 1 is 1.10 bits per heavy atom. The highest BCUT2D eigenvalue weighted by molar-refractivity contribution is 6.05. The smallest absolute Gasteiger partial charge is 0.339 e. The van der Waals surface area contributed by atoms with Gasteiger partial charge in [-0.15, -0.1) is 0 Å². The molecular formula is C25H26N2O3. The molecule has 0 saturated heterocycles. The Bertz CT molecular complexity index is 1080. The second-order valence-electron chi connectivity index (χ2n) is 8.09. The van der Waals surface area contributed by atoms with Gasteiger partial charge in [0.2, 0.25) is 0 Å². The van der Waals surface area contributed by atoms with E-state index in [0.717, 1.165) is 47.0 Å². The van der Waals surface area contributed by atoms with Gasteiger partial charge in [0, 0.05) is 24.7 Å². The molecule has 0 bridgehead atoms. The molecule has 0 saturated carbocycles. The molecule has 4 rings (SSSR count). The third-order valence-electron chi connectivity index (χ3n) is 5.72. The van der Waals surface area contributed by atoms with Gasteiger partial charge in [0.25, 0.3) is 5.91 Å². The number of aromatic nitrogens is 1. The predicted molar refractivity (Wildman–Crippen MR) is 116 cm³/mol. The number of rotatable bonds is 5. The van der Waals surface area contributed by atoms with Crippen LogP contribution in [0.4, 0.5) is 0 Å². The number of pyridine rings is 1. The lowest BCUT2D eigenvalue weighted by Gasteiger charge is -2.24. The van der Waals surface area contributed by atoms with Gasteiger partial charge in [-0.2, -0.15) is 0 Å². The third-order valence-corrected chi connectivity index (χ3v) is 5.72. The Hall–Kier alpha value is -3.21. The van der Waals surface area contributed by atoms with Gasteiger partial charge in [0.15, 0.2) is 6.61 Å². The number of hydrogen-bond acceptors (Lipinski definition) is 4. The molecule has 3 aromatic rings. The van der Waals surface area contributed by atoms with Crippen LogP contribution in [0.3, 0.4) is 0 Å². The number of fused-ring (bicyclic) bond motifs is 2. The van der Waals surface area contributed by atoms with Crippen LogP contribution < -0.4 is 0 Å². The molecule has 1 aliphatic carbocycles. The molecule has 1 amide bonds. The molecule has 0 spiro atoms. The lowest BCUT2D eigenvalue weighted by Crippen LogP contribution is -2.31. The zero-order valence-electron chi connectivity index (χ0n) is 17.4. The van der Waals surface area contributed by atoms with Crippen molar-refractivity contribution in [2.24, 2.45) is 5.92 Å². The molecule has 0 N–H and O–H groups in total. The van der Waals surface area contributed by atoms with Gasteiger partial charge in [0.05, 0.1) is 11.1 Å². The normalized spacial score (nSPS) is 15.5. The molecule has 2 aromatic carbocycles. The second kappa shape index (κ2) is 8.66.